The summed E-state index contributed by atoms with van der Waals surface area (Å²) in [6.45, 7) is 7.20. The predicted octanol–water partition coefficient (Wildman–Crippen LogP) is 2.38. The molecule has 2 heterocycles. The van der Waals surface area contributed by atoms with E-state index < -0.39 is 0 Å². The maximum Gasteiger partial charge on any atom is 0.225 e. The van der Waals surface area contributed by atoms with Crippen molar-refractivity contribution in [3.8, 4) is 11.5 Å². The van der Waals surface area contributed by atoms with Crippen LogP contribution >= 0.6 is 0 Å². The Morgan fingerprint density at radius 1 is 1.12 bits per heavy atom. The molecule has 134 valence electrons. The lowest BCUT2D eigenvalue weighted by molar-refractivity contribution is 0.171. The average molecular weight is 342 g/mol. The zero-order valence-electron chi connectivity index (χ0n) is 15.4. The van der Waals surface area contributed by atoms with Gasteiger partial charge in [-0.25, -0.2) is 9.97 Å². The fourth-order valence-electron chi connectivity index (χ4n) is 2.77. The fourth-order valence-corrected chi connectivity index (χ4v) is 2.77. The third-order valence-corrected chi connectivity index (χ3v) is 4.30. The molecule has 1 aromatic carbocycles. The third-order valence-electron chi connectivity index (χ3n) is 4.30. The highest BCUT2D eigenvalue weighted by molar-refractivity contribution is 5.45. The lowest BCUT2D eigenvalue weighted by Gasteiger charge is -2.28. The Morgan fingerprint density at radius 3 is 2.64 bits per heavy atom. The van der Waals surface area contributed by atoms with Crippen LogP contribution in [0.3, 0.4) is 0 Å². The van der Waals surface area contributed by atoms with E-state index >= 15 is 0 Å². The lowest BCUT2D eigenvalue weighted by atomic mass is 9.84. The van der Waals surface area contributed by atoms with Crippen molar-refractivity contribution in [2.45, 2.75) is 25.8 Å². The summed E-state index contributed by atoms with van der Waals surface area (Å²) >= 11 is 0. The van der Waals surface area contributed by atoms with Crippen molar-refractivity contribution in [1.29, 1.82) is 0 Å². The number of rotatable bonds is 6. The normalized spacial score (nSPS) is 13.6. The minimum absolute atomic E-state index is 0.0345. The van der Waals surface area contributed by atoms with Crippen molar-refractivity contribution >= 4 is 5.95 Å². The van der Waals surface area contributed by atoms with Gasteiger partial charge in [-0.15, -0.1) is 0 Å². The summed E-state index contributed by atoms with van der Waals surface area (Å²) in [7, 11) is 3.88. The Hall–Kier alpha value is -2.34. The number of hydrogen-bond acceptors (Lipinski definition) is 6. The van der Waals surface area contributed by atoms with Crippen molar-refractivity contribution in [3.63, 3.8) is 0 Å². The second-order valence-corrected chi connectivity index (χ2v) is 7.09. The van der Waals surface area contributed by atoms with E-state index in [0.717, 1.165) is 29.7 Å². The fraction of sp³-hybridized carbons (Fsp3) is 0.474. The summed E-state index contributed by atoms with van der Waals surface area (Å²) in [4.78, 5) is 10.7. The first-order valence-electron chi connectivity index (χ1n) is 8.56. The average Bonchev–Trinajstić information content (AvgIpc) is 2.61. The quantitative estimate of drug-likeness (QED) is 0.870. The van der Waals surface area contributed by atoms with Gasteiger partial charge in [0.25, 0.3) is 0 Å². The predicted molar refractivity (Wildman–Crippen MR) is 98.5 cm³/mol. The van der Waals surface area contributed by atoms with Gasteiger partial charge < -0.3 is 19.7 Å². The van der Waals surface area contributed by atoms with Gasteiger partial charge in [-0.1, -0.05) is 19.9 Å². The zero-order chi connectivity index (χ0) is 17.9. The molecule has 2 aromatic rings. The van der Waals surface area contributed by atoms with Crippen LogP contribution in [0, 0.1) is 0 Å². The van der Waals surface area contributed by atoms with Crippen molar-refractivity contribution in [2.24, 2.45) is 0 Å². The highest BCUT2D eigenvalue weighted by Crippen LogP contribution is 2.34. The van der Waals surface area contributed by atoms with E-state index in [4.69, 9.17) is 9.47 Å². The number of hydrogen-bond donors (Lipinski definition) is 1. The van der Waals surface area contributed by atoms with Crippen LogP contribution in [0.25, 0.3) is 0 Å². The number of anilines is 1. The molecule has 0 radical (unpaired) electrons. The topological polar surface area (TPSA) is 59.5 Å². The first-order chi connectivity index (χ1) is 12.0. The number of benzene rings is 1. The maximum atomic E-state index is 5.70. The molecule has 1 N–H and O–H groups in total. The Morgan fingerprint density at radius 2 is 1.88 bits per heavy atom. The third kappa shape index (κ3) is 4.20. The SMILES string of the molecule is CN(C)c1nccc(CNCC(C)(C)c2ccc3c(c2)OCCO3)n1. The van der Waals surface area contributed by atoms with Gasteiger partial charge in [-0.2, -0.15) is 0 Å². The van der Waals surface area contributed by atoms with Gasteiger partial charge >= 0.3 is 0 Å². The first kappa shape index (κ1) is 17.5. The van der Waals surface area contributed by atoms with Crippen molar-refractivity contribution in [3.05, 3.63) is 41.7 Å². The summed E-state index contributed by atoms with van der Waals surface area (Å²) in [6.07, 6.45) is 1.80. The molecule has 0 saturated carbocycles. The standard InChI is InChI=1S/C19H26N4O2/c1-19(2,14-5-6-16-17(11-14)25-10-9-24-16)13-20-12-15-7-8-21-18(22-15)23(3)4/h5-8,11,20H,9-10,12-13H2,1-4H3. The molecule has 0 atom stereocenters. The van der Waals surface area contributed by atoms with Crippen LogP contribution in [0.5, 0.6) is 11.5 Å². The second kappa shape index (κ2) is 7.27. The van der Waals surface area contributed by atoms with Gasteiger partial charge in [0.2, 0.25) is 5.95 Å². The first-order valence-corrected chi connectivity index (χ1v) is 8.56. The van der Waals surface area contributed by atoms with Crippen LogP contribution in [0.15, 0.2) is 30.5 Å². The number of ether oxygens (including phenoxy) is 2. The van der Waals surface area contributed by atoms with E-state index in [1.165, 1.54) is 5.56 Å². The van der Waals surface area contributed by atoms with Crippen LogP contribution in [0.2, 0.25) is 0 Å². The Bertz CT molecular complexity index is 731. The molecule has 6 heteroatoms. The van der Waals surface area contributed by atoms with Crippen LogP contribution in [0.4, 0.5) is 5.95 Å². The molecule has 1 aliphatic rings. The smallest absolute Gasteiger partial charge is 0.225 e. The molecule has 0 aliphatic carbocycles. The molecule has 0 unspecified atom stereocenters. The van der Waals surface area contributed by atoms with Crippen LogP contribution in [-0.2, 0) is 12.0 Å². The highest BCUT2D eigenvalue weighted by Gasteiger charge is 2.23. The van der Waals surface area contributed by atoms with Crippen molar-refractivity contribution in [1.82, 2.24) is 15.3 Å². The molecule has 0 fully saturated rings. The van der Waals surface area contributed by atoms with Crippen LogP contribution < -0.4 is 19.7 Å². The summed E-state index contributed by atoms with van der Waals surface area (Å²) in [5.74, 6) is 2.39. The molecular formula is C19H26N4O2. The van der Waals surface area contributed by atoms with E-state index in [1.807, 2.05) is 31.1 Å². The van der Waals surface area contributed by atoms with E-state index in [1.54, 1.807) is 6.20 Å². The van der Waals surface area contributed by atoms with E-state index in [2.05, 4.69) is 41.3 Å². The highest BCUT2D eigenvalue weighted by atomic mass is 16.6. The Kier molecular flexibility index (Phi) is 5.08. The number of fused-ring (bicyclic) bond motifs is 1. The summed E-state index contributed by atoms with van der Waals surface area (Å²) in [6, 6.07) is 8.14. The molecule has 0 amide bonds. The Balaban J connectivity index is 1.63. The molecule has 1 aliphatic heterocycles. The van der Waals surface area contributed by atoms with Crippen molar-refractivity contribution in [2.75, 3.05) is 38.8 Å². The number of nitrogens with zero attached hydrogens (tertiary/aromatic N) is 3. The van der Waals surface area contributed by atoms with Gasteiger partial charge in [-0.05, 0) is 23.8 Å². The molecule has 0 saturated heterocycles. The van der Waals surface area contributed by atoms with Gasteiger partial charge in [0.15, 0.2) is 11.5 Å². The molecule has 3 rings (SSSR count). The maximum absolute atomic E-state index is 5.70. The number of aromatic nitrogens is 2. The summed E-state index contributed by atoms with van der Waals surface area (Å²) < 4.78 is 11.3. The van der Waals surface area contributed by atoms with E-state index in [9.17, 15) is 0 Å². The number of nitrogens with one attached hydrogen (secondary N) is 1. The molecule has 1 aromatic heterocycles. The summed E-state index contributed by atoms with van der Waals surface area (Å²) in [5.41, 5.74) is 2.17. The monoisotopic (exact) mass is 342 g/mol. The van der Waals surface area contributed by atoms with Gasteiger partial charge in [0, 0.05) is 38.8 Å². The van der Waals surface area contributed by atoms with Crippen molar-refractivity contribution < 1.29 is 9.47 Å². The lowest BCUT2D eigenvalue weighted by Crippen LogP contribution is -2.33. The Labute approximate surface area is 149 Å². The van der Waals surface area contributed by atoms with Crippen LogP contribution in [0.1, 0.15) is 25.1 Å². The molecular weight excluding hydrogens is 316 g/mol. The second-order valence-electron chi connectivity index (χ2n) is 7.09. The van der Waals surface area contributed by atoms with Crippen LogP contribution in [-0.4, -0.2) is 43.8 Å². The molecule has 0 bridgehead atoms. The minimum Gasteiger partial charge on any atom is -0.486 e. The molecule has 6 nitrogen and oxygen atoms in total. The molecule has 0 spiro atoms. The van der Waals surface area contributed by atoms with Gasteiger partial charge in [0.05, 0.1) is 5.69 Å². The minimum atomic E-state index is -0.0345. The zero-order valence-corrected chi connectivity index (χ0v) is 15.4. The van der Waals surface area contributed by atoms with Gasteiger partial charge in [0.1, 0.15) is 13.2 Å². The van der Waals surface area contributed by atoms with E-state index in [0.29, 0.717) is 19.8 Å². The molecule has 25 heavy (non-hydrogen) atoms. The summed E-state index contributed by atoms with van der Waals surface area (Å²) in [5, 5.41) is 3.51. The van der Waals surface area contributed by atoms with Gasteiger partial charge in [-0.3, -0.25) is 0 Å². The van der Waals surface area contributed by atoms with E-state index in [-0.39, 0.29) is 5.41 Å². The largest absolute Gasteiger partial charge is 0.486 e.